The normalized spacial score (nSPS) is 18.8. The van der Waals surface area contributed by atoms with Gasteiger partial charge < -0.3 is 14.6 Å². The number of thiocarbonyl (C=S) groups is 1. The molecule has 4 rings (SSSR count). The van der Waals surface area contributed by atoms with Crippen molar-refractivity contribution in [3.05, 3.63) is 77.8 Å². The van der Waals surface area contributed by atoms with Gasteiger partial charge >= 0.3 is 0 Å². The van der Waals surface area contributed by atoms with Gasteiger partial charge in [-0.15, -0.1) is 0 Å². The fraction of sp³-hybridized carbons (Fsp3) is 0.304. The minimum Gasteiger partial charge on any atom is -0.452 e. The van der Waals surface area contributed by atoms with Gasteiger partial charge in [0.1, 0.15) is 11.8 Å². The summed E-state index contributed by atoms with van der Waals surface area (Å²) < 4.78 is 6.31. The van der Waals surface area contributed by atoms with E-state index in [1.54, 1.807) is 11.8 Å². The van der Waals surface area contributed by atoms with E-state index >= 15 is 0 Å². The number of nitrogens with zero attached hydrogens (tertiary/aromatic N) is 2. The molecule has 150 valence electrons. The summed E-state index contributed by atoms with van der Waals surface area (Å²) >= 11 is 7.31. The van der Waals surface area contributed by atoms with E-state index in [1.807, 2.05) is 24.4 Å². The van der Waals surface area contributed by atoms with Crippen LogP contribution in [0.1, 0.15) is 48.9 Å². The summed E-state index contributed by atoms with van der Waals surface area (Å²) in [7, 11) is 0. The number of rotatable bonds is 7. The molecule has 2 aromatic heterocycles. The lowest BCUT2D eigenvalue weighted by atomic mass is 10.0. The largest absolute Gasteiger partial charge is 0.452 e. The van der Waals surface area contributed by atoms with Crippen molar-refractivity contribution in [3.63, 3.8) is 0 Å². The lowest BCUT2D eigenvalue weighted by molar-refractivity contribution is 0.257. The topological polar surface area (TPSA) is 41.3 Å². The summed E-state index contributed by atoms with van der Waals surface area (Å²) in [6, 6.07) is 18.6. The molecule has 0 saturated carbocycles. The van der Waals surface area contributed by atoms with Gasteiger partial charge in [-0.3, -0.25) is 4.98 Å². The number of aryl methyl sites for hydroxylation is 1. The third-order valence-electron chi connectivity index (χ3n) is 5.08. The second-order valence-electron chi connectivity index (χ2n) is 7.25. The Hall–Kier alpha value is -2.31. The summed E-state index contributed by atoms with van der Waals surface area (Å²) in [6.45, 7) is 5.19. The van der Waals surface area contributed by atoms with Crippen LogP contribution in [0.15, 0.2) is 75.2 Å². The van der Waals surface area contributed by atoms with E-state index in [2.05, 4.69) is 65.4 Å². The minimum absolute atomic E-state index is 0.00341. The quantitative estimate of drug-likeness (QED) is 0.477. The monoisotopic (exact) mass is 423 g/mol. The molecule has 1 aromatic carbocycles. The summed E-state index contributed by atoms with van der Waals surface area (Å²) in [5, 5.41) is 5.12. The van der Waals surface area contributed by atoms with Gasteiger partial charge in [-0.2, -0.15) is 0 Å². The SMILES string of the molecule is CCCCN1C(=S)N[C@H](c2ccccn2)[C@@H]1c1ccc(Sc2ccc(C)cc2)o1. The molecule has 0 amide bonds. The van der Waals surface area contributed by atoms with Crippen molar-refractivity contribution in [3.8, 4) is 0 Å². The maximum absolute atomic E-state index is 6.31. The Labute approximate surface area is 181 Å². The van der Waals surface area contributed by atoms with Crippen LogP contribution >= 0.6 is 24.0 Å². The average Bonchev–Trinajstić information content (AvgIpc) is 3.32. The molecule has 1 fully saturated rings. The van der Waals surface area contributed by atoms with Gasteiger partial charge in [0.15, 0.2) is 10.2 Å². The number of pyridine rings is 1. The van der Waals surface area contributed by atoms with Crippen LogP contribution in [0.2, 0.25) is 0 Å². The molecule has 6 heteroatoms. The highest BCUT2D eigenvalue weighted by Gasteiger charge is 2.41. The van der Waals surface area contributed by atoms with Gasteiger partial charge in [0, 0.05) is 17.6 Å². The van der Waals surface area contributed by atoms with Crippen LogP contribution in [-0.4, -0.2) is 21.5 Å². The lowest BCUT2D eigenvalue weighted by Crippen LogP contribution is -2.30. The van der Waals surface area contributed by atoms with Gasteiger partial charge in [0.05, 0.1) is 11.7 Å². The number of benzene rings is 1. The standard InChI is InChI=1S/C23H25N3OS2/c1-3-4-15-26-22(21(25-23(26)28)18-7-5-6-14-24-18)19-12-13-20(27-19)29-17-10-8-16(2)9-11-17/h5-14,21-22H,3-4,15H2,1-2H3,(H,25,28)/t21-,22+/m1/s1. The van der Waals surface area contributed by atoms with Crippen LogP contribution in [0.4, 0.5) is 0 Å². The van der Waals surface area contributed by atoms with Crippen molar-refractivity contribution in [2.45, 2.75) is 48.8 Å². The number of unbranched alkanes of at least 4 members (excludes halogenated alkanes) is 1. The number of hydrogen-bond acceptors (Lipinski definition) is 4. The van der Waals surface area contributed by atoms with Crippen molar-refractivity contribution in [1.82, 2.24) is 15.2 Å². The van der Waals surface area contributed by atoms with Crippen LogP contribution < -0.4 is 5.32 Å². The third-order valence-corrected chi connectivity index (χ3v) is 6.36. The first kappa shape index (κ1) is 20.0. The maximum atomic E-state index is 6.31. The summed E-state index contributed by atoms with van der Waals surface area (Å²) in [5.74, 6) is 0.915. The third kappa shape index (κ3) is 4.49. The highest BCUT2D eigenvalue weighted by molar-refractivity contribution is 7.99. The first-order chi connectivity index (χ1) is 14.2. The van der Waals surface area contributed by atoms with Crippen LogP contribution in [0.25, 0.3) is 0 Å². The summed E-state index contributed by atoms with van der Waals surface area (Å²) in [4.78, 5) is 7.99. The Morgan fingerprint density at radius 3 is 2.69 bits per heavy atom. The predicted octanol–water partition coefficient (Wildman–Crippen LogP) is 5.91. The lowest BCUT2D eigenvalue weighted by Gasteiger charge is -2.25. The molecule has 1 N–H and O–H groups in total. The van der Waals surface area contributed by atoms with E-state index in [-0.39, 0.29) is 12.1 Å². The smallest absolute Gasteiger partial charge is 0.170 e. The fourth-order valence-corrected chi connectivity index (χ4v) is 4.66. The molecule has 2 atom stereocenters. The number of hydrogen-bond donors (Lipinski definition) is 1. The minimum atomic E-state index is -0.0241. The molecule has 1 saturated heterocycles. The molecule has 1 aliphatic rings. The van der Waals surface area contributed by atoms with Crippen LogP contribution in [-0.2, 0) is 0 Å². The molecule has 0 aliphatic carbocycles. The van der Waals surface area contributed by atoms with Gasteiger partial charge in [0.25, 0.3) is 0 Å². The highest BCUT2D eigenvalue weighted by Crippen LogP contribution is 2.41. The predicted molar refractivity (Wildman–Crippen MR) is 121 cm³/mol. The van der Waals surface area contributed by atoms with Crippen LogP contribution in [0.5, 0.6) is 0 Å². The van der Waals surface area contributed by atoms with Crippen LogP contribution in [0, 0.1) is 6.92 Å². The van der Waals surface area contributed by atoms with Crippen molar-refractivity contribution in [2.24, 2.45) is 0 Å². The molecule has 1 aliphatic heterocycles. The average molecular weight is 424 g/mol. The van der Waals surface area contributed by atoms with E-state index < -0.39 is 0 Å². The molecule has 3 aromatic rings. The Morgan fingerprint density at radius 2 is 1.97 bits per heavy atom. The van der Waals surface area contributed by atoms with Crippen molar-refractivity contribution in [2.75, 3.05) is 6.54 Å². The Kier molecular flexibility index (Phi) is 6.21. The highest BCUT2D eigenvalue weighted by atomic mass is 32.2. The van der Waals surface area contributed by atoms with Crippen molar-refractivity contribution in [1.29, 1.82) is 0 Å². The maximum Gasteiger partial charge on any atom is 0.170 e. The molecule has 4 nitrogen and oxygen atoms in total. The molecule has 0 radical (unpaired) electrons. The van der Waals surface area contributed by atoms with E-state index in [4.69, 9.17) is 16.6 Å². The van der Waals surface area contributed by atoms with E-state index in [9.17, 15) is 0 Å². The molecular weight excluding hydrogens is 398 g/mol. The summed E-state index contributed by atoms with van der Waals surface area (Å²) in [6.07, 6.45) is 4.03. The van der Waals surface area contributed by atoms with E-state index in [0.29, 0.717) is 0 Å². The Bertz CT molecular complexity index is 956. The number of furan rings is 1. The van der Waals surface area contributed by atoms with Crippen molar-refractivity contribution < 1.29 is 4.42 Å². The van der Waals surface area contributed by atoms with Crippen LogP contribution in [0.3, 0.4) is 0 Å². The summed E-state index contributed by atoms with van der Waals surface area (Å²) in [5.41, 5.74) is 2.23. The molecular formula is C23H25N3OS2. The number of aromatic nitrogens is 1. The van der Waals surface area contributed by atoms with Crippen molar-refractivity contribution >= 4 is 29.1 Å². The zero-order valence-corrected chi connectivity index (χ0v) is 18.3. The van der Waals surface area contributed by atoms with Gasteiger partial charge in [-0.05, 0) is 62.0 Å². The zero-order valence-electron chi connectivity index (χ0n) is 16.7. The zero-order chi connectivity index (χ0) is 20.2. The van der Waals surface area contributed by atoms with Gasteiger partial charge in [-0.25, -0.2) is 0 Å². The first-order valence-electron chi connectivity index (χ1n) is 9.98. The van der Waals surface area contributed by atoms with E-state index in [0.717, 1.165) is 41.0 Å². The molecule has 3 heterocycles. The molecule has 0 unspecified atom stereocenters. The second-order valence-corrected chi connectivity index (χ2v) is 8.71. The second kappa shape index (κ2) is 9.01. The molecule has 0 spiro atoms. The van der Waals surface area contributed by atoms with Gasteiger partial charge in [-0.1, -0.05) is 48.9 Å². The number of nitrogens with one attached hydrogen (secondary N) is 1. The van der Waals surface area contributed by atoms with Gasteiger partial charge in [0.2, 0.25) is 0 Å². The van der Waals surface area contributed by atoms with E-state index in [1.165, 1.54) is 10.5 Å². The Balaban J connectivity index is 1.62. The molecule has 0 bridgehead atoms. The first-order valence-corrected chi connectivity index (χ1v) is 11.2. The molecule has 29 heavy (non-hydrogen) atoms. The Morgan fingerprint density at radius 1 is 1.14 bits per heavy atom. The fourth-order valence-electron chi connectivity index (χ4n) is 3.55.